The summed E-state index contributed by atoms with van der Waals surface area (Å²) in [6.45, 7) is 8.09. The molecule has 0 radical (unpaired) electrons. The Labute approximate surface area is 136 Å². The number of rotatable bonds is 4. The van der Waals surface area contributed by atoms with Gasteiger partial charge in [-0.05, 0) is 57.0 Å². The van der Waals surface area contributed by atoms with Gasteiger partial charge in [0, 0.05) is 5.56 Å². The second kappa shape index (κ2) is 6.24. The fraction of sp³-hybridized carbons (Fsp3) is 0.263. The van der Waals surface area contributed by atoms with Gasteiger partial charge in [-0.15, -0.1) is 0 Å². The van der Waals surface area contributed by atoms with Crippen molar-refractivity contribution in [1.82, 2.24) is 10.1 Å². The molecule has 0 amide bonds. The number of hydrogen-bond acceptors (Lipinski definition) is 4. The maximum absolute atomic E-state index is 5.91. The van der Waals surface area contributed by atoms with Gasteiger partial charge in [-0.3, -0.25) is 0 Å². The third-order valence-corrected chi connectivity index (χ3v) is 3.86. The van der Waals surface area contributed by atoms with Crippen LogP contribution < -0.4 is 4.74 Å². The van der Waals surface area contributed by atoms with Gasteiger partial charge >= 0.3 is 0 Å². The fourth-order valence-corrected chi connectivity index (χ4v) is 2.34. The minimum absolute atomic E-state index is 0.303. The lowest BCUT2D eigenvalue weighted by molar-refractivity contribution is 0.175. The van der Waals surface area contributed by atoms with E-state index in [-0.39, 0.29) is 6.10 Å². The normalized spacial score (nSPS) is 12.2. The van der Waals surface area contributed by atoms with Crippen LogP contribution in [0.2, 0.25) is 0 Å². The Morgan fingerprint density at radius 3 is 2.57 bits per heavy atom. The lowest BCUT2D eigenvalue weighted by Crippen LogP contribution is -2.03. The van der Waals surface area contributed by atoms with Crippen molar-refractivity contribution < 1.29 is 9.26 Å². The highest BCUT2D eigenvalue weighted by atomic mass is 16.5. The van der Waals surface area contributed by atoms with E-state index in [2.05, 4.69) is 24.0 Å². The molecule has 4 nitrogen and oxygen atoms in total. The molecule has 0 aliphatic carbocycles. The zero-order valence-corrected chi connectivity index (χ0v) is 13.8. The number of hydrogen-bond donors (Lipinski definition) is 0. The van der Waals surface area contributed by atoms with Crippen LogP contribution in [0.1, 0.15) is 35.6 Å². The van der Waals surface area contributed by atoms with E-state index < -0.39 is 0 Å². The summed E-state index contributed by atoms with van der Waals surface area (Å²) in [5.41, 5.74) is 4.54. The van der Waals surface area contributed by atoms with Crippen molar-refractivity contribution >= 4 is 0 Å². The van der Waals surface area contributed by atoms with E-state index in [9.17, 15) is 0 Å². The fourth-order valence-electron chi connectivity index (χ4n) is 2.34. The Balaban J connectivity index is 1.78. The predicted molar refractivity (Wildman–Crippen MR) is 89.4 cm³/mol. The Morgan fingerprint density at radius 1 is 1.00 bits per heavy atom. The van der Waals surface area contributed by atoms with Crippen LogP contribution in [-0.4, -0.2) is 10.1 Å². The van der Waals surface area contributed by atoms with Gasteiger partial charge in [0.15, 0.2) is 6.10 Å². The molecule has 23 heavy (non-hydrogen) atoms. The van der Waals surface area contributed by atoms with E-state index in [0.29, 0.717) is 11.7 Å². The van der Waals surface area contributed by atoms with Crippen molar-refractivity contribution in [3.05, 3.63) is 65.0 Å². The van der Waals surface area contributed by atoms with Crippen LogP contribution in [0.15, 0.2) is 47.0 Å². The van der Waals surface area contributed by atoms with E-state index in [4.69, 9.17) is 9.26 Å². The van der Waals surface area contributed by atoms with Crippen molar-refractivity contribution in [2.45, 2.75) is 33.8 Å². The minimum atomic E-state index is -0.303. The average Bonchev–Trinajstić information content (AvgIpc) is 3.01. The van der Waals surface area contributed by atoms with Gasteiger partial charge in [0.25, 0.3) is 5.89 Å². The van der Waals surface area contributed by atoms with Crippen LogP contribution >= 0.6 is 0 Å². The SMILES string of the molecule is Cc1cccc(-c2noc(C(C)Oc3ccc(C)c(C)c3)n2)c1. The average molecular weight is 308 g/mol. The summed E-state index contributed by atoms with van der Waals surface area (Å²) in [6.07, 6.45) is -0.303. The molecule has 118 valence electrons. The molecule has 0 spiro atoms. The predicted octanol–water partition coefficient (Wildman–Crippen LogP) is 4.80. The molecule has 0 fully saturated rings. The highest BCUT2D eigenvalue weighted by molar-refractivity contribution is 5.55. The summed E-state index contributed by atoms with van der Waals surface area (Å²) in [5.74, 6) is 1.86. The number of aryl methyl sites for hydroxylation is 3. The molecule has 0 saturated heterocycles. The summed E-state index contributed by atoms with van der Waals surface area (Å²) < 4.78 is 11.3. The van der Waals surface area contributed by atoms with E-state index in [0.717, 1.165) is 16.9 Å². The quantitative estimate of drug-likeness (QED) is 0.694. The van der Waals surface area contributed by atoms with Gasteiger partial charge in [-0.1, -0.05) is 35.0 Å². The summed E-state index contributed by atoms with van der Waals surface area (Å²) in [4.78, 5) is 4.45. The van der Waals surface area contributed by atoms with Gasteiger partial charge in [0.05, 0.1) is 0 Å². The van der Waals surface area contributed by atoms with Gasteiger partial charge in [0.1, 0.15) is 5.75 Å². The van der Waals surface area contributed by atoms with E-state index >= 15 is 0 Å². The van der Waals surface area contributed by atoms with Crippen LogP contribution in [0.5, 0.6) is 5.75 Å². The minimum Gasteiger partial charge on any atom is -0.481 e. The van der Waals surface area contributed by atoms with Gasteiger partial charge < -0.3 is 9.26 Å². The molecule has 3 rings (SSSR count). The molecule has 2 aromatic carbocycles. The Kier molecular flexibility index (Phi) is 4.15. The third-order valence-electron chi connectivity index (χ3n) is 3.86. The summed E-state index contributed by atoms with van der Waals surface area (Å²) in [7, 11) is 0. The Morgan fingerprint density at radius 2 is 1.83 bits per heavy atom. The highest BCUT2D eigenvalue weighted by Gasteiger charge is 2.17. The number of ether oxygens (including phenoxy) is 1. The van der Waals surface area contributed by atoms with Crippen molar-refractivity contribution in [2.75, 3.05) is 0 Å². The first-order valence-electron chi connectivity index (χ1n) is 7.67. The van der Waals surface area contributed by atoms with Crippen molar-refractivity contribution in [3.8, 4) is 17.1 Å². The molecular weight excluding hydrogens is 288 g/mol. The molecule has 0 N–H and O–H groups in total. The molecule has 1 aromatic heterocycles. The maximum Gasteiger partial charge on any atom is 0.267 e. The summed E-state index contributed by atoms with van der Waals surface area (Å²) >= 11 is 0. The molecule has 1 heterocycles. The largest absolute Gasteiger partial charge is 0.481 e. The van der Waals surface area contributed by atoms with Crippen LogP contribution in [0.25, 0.3) is 11.4 Å². The molecule has 1 atom stereocenters. The zero-order chi connectivity index (χ0) is 16.4. The molecule has 1 unspecified atom stereocenters. The highest BCUT2D eigenvalue weighted by Crippen LogP contribution is 2.25. The standard InChI is InChI=1S/C19H20N2O2/c1-12-6-5-7-16(10-12)18-20-19(23-21-18)15(4)22-17-9-8-13(2)14(3)11-17/h5-11,15H,1-4H3. The third kappa shape index (κ3) is 3.42. The van der Waals surface area contributed by atoms with Gasteiger partial charge in [-0.25, -0.2) is 0 Å². The lowest BCUT2D eigenvalue weighted by atomic mass is 10.1. The van der Waals surface area contributed by atoms with Crippen LogP contribution in [-0.2, 0) is 0 Å². The van der Waals surface area contributed by atoms with E-state index in [1.807, 2.05) is 56.3 Å². The molecule has 0 aliphatic heterocycles. The first kappa shape index (κ1) is 15.3. The molecule has 4 heteroatoms. The number of benzene rings is 2. The Bertz CT molecular complexity index is 824. The molecule has 0 bridgehead atoms. The Hall–Kier alpha value is -2.62. The number of nitrogens with zero attached hydrogens (tertiary/aromatic N) is 2. The summed E-state index contributed by atoms with van der Waals surface area (Å²) in [5, 5.41) is 4.06. The summed E-state index contributed by atoms with van der Waals surface area (Å²) in [6, 6.07) is 14.0. The van der Waals surface area contributed by atoms with Crippen LogP contribution in [0.3, 0.4) is 0 Å². The topological polar surface area (TPSA) is 48.2 Å². The maximum atomic E-state index is 5.91. The molecule has 0 aliphatic rings. The second-order valence-corrected chi connectivity index (χ2v) is 5.83. The van der Waals surface area contributed by atoms with Gasteiger partial charge in [-0.2, -0.15) is 4.98 Å². The van der Waals surface area contributed by atoms with E-state index in [1.165, 1.54) is 11.1 Å². The van der Waals surface area contributed by atoms with Crippen molar-refractivity contribution in [2.24, 2.45) is 0 Å². The number of aromatic nitrogens is 2. The second-order valence-electron chi connectivity index (χ2n) is 5.83. The first-order chi connectivity index (χ1) is 11.0. The van der Waals surface area contributed by atoms with Crippen molar-refractivity contribution in [1.29, 1.82) is 0 Å². The molecule has 0 saturated carbocycles. The van der Waals surface area contributed by atoms with Crippen LogP contribution in [0.4, 0.5) is 0 Å². The molecule has 3 aromatic rings. The van der Waals surface area contributed by atoms with Crippen LogP contribution in [0, 0.1) is 20.8 Å². The zero-order valence-electron chi connectivity index (χ0n) is 13.8. The smallest absolute Gasteiger partial charge is 0.267 e. The van der Waals surface area contributed by atoms with Gasteiger partial charge in [0.2, 0.25) is 5.82 Å². The lowest BCUT2D eigenvalue weighted by Gasteiger charge is -2.12. The van der Waals surface area contributed by atoms with Crippen molar-refractivity contribution in [3.63, 3.8) is 0 Å². The monoisotopic (exact) mass is 308 g/mol. The molecular formula is C19H20N2O2. The first-order valence-corrected chi connectivity index (χ1v) is 7.67. The van der Waals surface area contributed by atoms with E-state index in [1.54, 1.807) is 0 Å².